The average molecular weight is 365 g/mol. The van der Waals surface area contributed by atoms with Crippen molar-refractivity contribution in [3.05, 3.63) is 53.3 Å². The lowest BCUT2D eigenvalue weighted by Gasteiger charge is -2.36. The highest BCUT2D eigenvalue weighted by Crippen LogP contribution is 2.26. The molecule has 3 nitrogen and oxygen atoms in total. The van der Waals surface area contributed by atoms with E-state index in [1.807, 2.05) is 30.6 Å². The van der Waals surface area contributed by atoms with Gasteiger partial charge in [-0.15, -0.1) is 11.8 Å². The van der Waals surface area contributed by atoms with Crippen molar-refractivity contribution < 1.29 is 5.11 Å². The standard InChI is InChI=1S/C19H28N2OS2/c1-15(2)18(17(4)22)13-23-14-24-21-11-9-20(10-12-21)19-8-6-5-7-16(19)3/h5-8,22H,1,9-14H2,2-4H3/b18-17-. The van der Waals surface area contributed by atoms with E-state index in [2.05, 4.69) is 47.0 Å². The Morgan fingerprint density at radius 3 is 2.42 bits per heavy atom. The van der Waals surface area contributed by atoms with E-state index in [9.17, 15) is 5.11 Å². The number of nitrogens with zero attached hydrogens (tertiary/aromatic N) is 2. The van der Waals surface area contributed by atoms with Gasteiger partial charge in [-0.05, 0) is 32.4 Å². The van der Waals surface area contributed by atoms with Crippen LogP contribution in [0.25, 0.3) is 0 Å². The van der Waals surface area contributed by atoms with Gasteiger partial charge in [-0.25, -0.2) is 4.31 Å². The molecule has 0 amide bonds. The molecule has 24 heavy (non-hydrogen) atoms. The number of aryl methyl sites for hydroxylation is 1. The number of para-hydroxylation sites is 1. The fourth-order valence-corrected chi connectivity index (χ4v) is 5.08. The maximum Gasteiger partial charge on any atom is 0.0934 e. The monoisotopic (exact) mass is 364 g/mol. The molecule has 0 aliphatic carbocycles. The van der Waals surface area contributed by atoms with E-state index in [4.69, 9.17) is 0 Å². The fraction of sp³-hybridized carbons (Fsp3) is 0.474. The van der Waals surface area contributed by atoms with E-state index < -0.39 is 0 Å². The second-order valence-corrected chi connectivity index (χ2v) is 8.56. The average Bonchev–Trinajstić information content (AvgIpc) is 2.55. The molecule has 1 fully saturated rings. The van der Waals surface area contributed by atoms with Gasteiger partial charge in [0.2, 0.25) is 0 Å². The van der Waals surface area contributed by atoms with E-state index in [0.29, 0.717) is 5.76 Å². The zero-order valence-electron chi connectivity index (χ0n) is 14.9. The van der Waals surface area contributed by atoms with Crippen molar-refractivity contribution in [2.45, 2.75) is 20.8 Å². The summed E-state index contributed by atoms with van der Waals surface area (Å²) in [6, 6.07) is 8.62. The molecule has 0 atom stereocenters. The Hall–Kier alpha value is -1.04. The third kappa shape index (κ3) is 5.50. The van der Waals surface area contributed by atoms with Crippen molar-refractivity contribution in [3.8, 4) is 0 Å². The van der Waals surface area contributed by atoms with Gasteiger partial charge in [0.1, 0.15) is 0 Å². The van der Waals surface area contributed by atoms with Crippen LogP contribution in [0.5, 0.6) is 0 Å². The molecule has 1 N–H and O–H groups in total. The molecular formula is C19H28N2OS2. The van der Waals surface area contributed by atoms with Gasteiger partial charge in [0.05, 0.1) is 10.8 Å². The number of allylic oxidation sites excluding steroid dienone is 2. The van der Waals surface area contributed by atoms with Crippen LogP contribution in [0, 0.1) is 6.92 Å². The lowest BCUT2D eigenvalue weighted by Crippen LogP contribution is -2.43. The first kappa shape index (κ1) is 19.3. The Morgan fingerprint density at radius 1 is 1.17 bits per heavy atom. The number of rotatable bonds is 7. The summed E-state index contributed by atoms with van der Waals surface area (Å²) in [4.78, 5) is 2.48. The van der Waals surface area contributed by atoms with Gasteiger partial charge in [0.25, 0.3) is 0 Å². The van der Waals surface area contributed by atoms with E-state index in [1.165, 1.54) is 11.3 Å². The number of benzene rings is 1. The Kier molecular flexibility index (Phi) is 7.59. The van der Waals surface area contributed by atoms with Crippen LogP contribution in [0.3, 0.4) is 0 Å². The highest BCUT2D eigenvalue weighted by Gasteiger charge is 2.18. The van der Waals surface area contributed by atoms with Gasteiger partial charge in [-0.2, -0.15) is 0 Å². The van der Waals surface area contributed by atoms with E-state index in [1.54, 1.807) is 6.92 Å². The van der Waals surface area contributed by atoms with Gasteiger partial charge in [0.15, 0.2) is 0 Å². The number of aliphatic hydroxyl groups excluding tert-OH is 1. The minimum absolute atomic E-state index is 0.395. The number of piperazine rings is 1. The summed E-state index contributed by atoms with van der Waals surface area (Å²) in [5.74, 6) is 1.22. The zero-order chi connectivity index (χ0) is 17.5. The molecule has 1 aliphatic rings. The summed E-state index contributed by atoms with van der Waals surface area (Å²) in [7, 11) is 0. The summed E-state index contributed by atoms with van der Waals surface area (Å²) in [6.07, 6.45) is 0. The third-order valence-corrected chi connectivity index (χ3v) is 6.52. The first-order valence-corrected chi connectivity index (χ1v) is 10.4. The SMILES string of the molecule is C=C(C)/C(CSCSN1CCN(c2ccccc2C)CC1)=C(/C)O. The van der Waals surface area contributed by atoms with Crippen molar-refractivity contribution in [1.29, 1.82) is 0 Å². The number of hydrogen-bond acceptors (Lipinski definition) is 5. The van der Waals surface area contributed by atoms with Gasteiger partial charge >= 0.3 is 0 Å². The Balaban J connectivity index is 1.71. The van der Waals surface area contributed by atoms with E-state index in [0.717, 1.165) is 48.2 Å². The van der Waals surface area contributed by atoms with Crippen LogP contribution >= 0.6 is 23.7 Å². The van der Waals surface area contributed by atoms with Gasteiger partial charge in [-0.1, -0.05) is 42.3 Å². The van der Waals surface area contributed by atoms with Crippen molar-refractivity contribution in [1.82, 2.24) is 4.31 Å². The molecular weight excluding hydrogens is 336 g/mol. The topological polar surface area (TPSA) is 26.7 Å². The maximum absolute atomic E-state index is 9.67. The molecule has 0 unspecified atom stereocenters. The number of hydrogen-bond donors (Lipinski definition) is 1. The molecule has 1 aromatic rings. The minimum Gasteiger partial charge on any atom is -0.512 e. The van der Waals surface area contributed by atoms with Gasteiger partial charge in [0, 0.05) is 43.2 Å². The van der Waals surface area contributed by atoms with Crippen LogP contribution in [-0.2, 0) is 0 Å². The summed E-state index contributed by atoms with van der Waals surface area (Å²) in [6.45, 7) is 14.1. The fourth-order valence-electron chi connectivity index (χ4n) is 2.77. The lowest BCUT2D eigenvalue weighted by atomic mass is 10.1. The van der Waals surface area contributed by atoms with Crippen LogP contribution in [0.2, 0.25) is 0 Å². The summed E-state index contributed by atoms with van der Waals surface area (Å²) >= 11 is 3.74. The minimum atomic E-state index is 0.395. The number of thioether (sulfide) groups is 1. The summed E-state index contributed by atoms with van der Waals surface area (Å²) in [5.41, 5.74) is 4.66. The van der Waals surface area contributed by atoms with Crippen LogP contribution in [0.15, 0.2) is 47.7 Å². The Labute approximate surface area is 154 Å². The predicted octanol–water partition coefficient (Wildman–Crippen LogP) is 4.86. The molecule has 0 radical (unpaired) electrons. The molecule has 1 aliphatic heterocycles. The first-order valence-electron chi connectivity index (χ1n) is 8.30. The van der Waals surface area contributed by atoms with Crippen molar-refractivity contribution in [2.24, 2.45) is 0 Å². The molecule has 5 heteroatoms. The van der Waals surface area contributed by atoms with Crippen molar-refractivity contribution >= 4 is 29.4 Å². The van der Waals surface area contributed by atoms with Gasteiger partial charge in [-0.3, -0.25) is 0 Å². The van der Waals surface area contributed by atoms with Crippen molar-refractivity contribution in [3.63, 3.8) is 0 Å². The normalized spacial score (nSPS) is 16.9. The molecule has 0 bridgehead atoms. The molecule has 1 aromatic carbocycles. The van der Waals surface area contributed by atoms with Crippen LogP contribution < -0.4 is 4.90 Å². The summed E-state index contributed by atoms with van der Waals surface area (Å²) in [5, 5.41) is 10.7. The predicted molar refractivity (Wildman–Crippen MR) is 110 cm³/mol. The quantitative estimate of drug-likeness (QED) is 0.245. The van der Waals surface area contributed by atoms with E-state index in [-0.39, 0.29) is 0 Å². The smallest absolute Gasteiger partial charge is 0.0934 e. The molecule has 0 aromatic heterocycles. The third-order valence-electron chi connectivity index (χ3n) is 4.21. The zero-order valence-corrected chi connectivity index (χ0v) is 16.6. The van der Waals surface area contributed by atoms with Gasteiger partial charge < -0.3 is 10.0 Å². The first-order chi connectivity index (χ1) is 11.5. The molecule has 0 saturated carbocycles. The molecule has 132 valence electrons. The summed E-state index contributed by atoms with van der Waals surface area (Å²) < 4.78 is 2.46. The lowest BCUT2D eigenvalue weighted by molar-refractivity contribution is 0.408. The van der Waals surface area contributed by atoms with Crippen LogP contribution in [-0.4, -0.2) is 46.4 Å². The Bertz CT molecular complexity index is 589. The highest BCUT2D eigenvalue weighted by molar-refractivity contribution is 8.15. The molecule has 1 heterocycles. The maximum atomic E-state index is 9.67. The second kappa shape index (κ2) is 9.44. The van der Waals surface area contributed by atoms with Crippen LogP contribution in [0.4, 0.5) is 5.69 Å². The second-order valence-electron chi connectivity index (χ2n) is 6.14. The molecule has 1 saturated heterocycles. The highest BCUT2D eigenvalue weighted by atomic mass is 32.2. The Morgan fingerprint density at radius 2 is 1.83 bits per heavy atom. The van der Waals surface area contributed by atoms with Crippen molar-refractivity contribution in [2.75, 3.05) is 41.9 Å². The number of anilines is 1. The van der Waals surface area contributed by atoms with Crippen LogP contribution in [0.1, 0.15) is 19.4 Å². The molecule has 2 rings (SSSR count). The molecule has 0 spiro atoms. The number of aliphatic hydroxyl groups is 1. The van der Waals surface area contributed by atoms with E-state index >= 15 is 0 Å². The largest absolute Gasteiger partial charge is 0.512 e.